The van der Waals surface area contributed by atoms with Gasteiger partial charge in [0, 0.05) is 6.54 Å². The van der Waals surface area contributed by atoms with Crippen LogP contribution < -0.4 is 11.1 Å². The van der Waals surface area contributed by atoms with Gasteiger partial charge in [-0.1, -0.05) is 12.1 Å². The van der Waals surface area contributed by atoms with Crippen molar-refractivity contribution >= 4 is 11.4 Å². The third kappa shape index (κ3) is 1.70. The van der Waals surface area contributed by atoms with Gasteiger partial charge in [-0.3, -0.25) is 0 Å². The van der Waals surface area contributed by atoms with E-state index in [1.54, 1.807) is 0 Å². The lowest BCUT2D eigenvalue weighted by atomic mass is 10.2. The minimum absolute atomic E-state index is 0.846. The normalized spacial score (nSPS) is 16.0. The Balaban J connectivity index is 1.96. The van der Waals surface area contributed by atoms with Crippen LogP contribution in [0.2, 0.25) is 0 Å². The van der Waals surface area contributed by atoms with Crippen LogP contribution in [0.15, 0.2) is 24.3 Å². The molecule has 1 saturated carbocycles. The minimum atomic E-state index is 0.846. The summed E-state index contributed by atoms with van der Waals surface area (Å²) in [6.07, 6.45) is 2.75. The molecule has 0 atom stereocenters. The maximum absolute atomic E-state index is 5.76. The fourth-order valence-electron chi connectivity index (χ4n) is 1.23. The molecule has 1 aromatic carbocycles. The second-order valence-corrected chi connectivity index (χ2v) is 3.41. The van der Waals surface area contributed by atoms with E-state index in [1.165, 1.54) is 12.8 Å². The van der Waals surface area contributed by atoms with E-state index >= 15 is 0 Å². The lowest BCUT2D eigenvalue weighted by Gasteiger charge is -2.07. The van der Waals surface area contributed by atoms with Crippen LogP contribution in [0.5, 0.6) is 0 Å². The Morgan fingerprint density at radius 2 is 2.08 bits per heavy atom. The molecule has 1 aliphatic rings. The standard InChI is InChI=1S/C10H14N2/c11-9-3-1-2-4-10(9)12-7-8-5-6-8/h1-4,8,12H,5-7,11H2. The maximum atomic E-state index is 5.76. The highest BCUT2D eigenvalue weighted by Crippen LogP contribution is 2.29. The number of benzene rings is 1. The second-order valence-electron chi connectivity index (χ2n) is 3.41. The first-order valence-electron chi connectivity index (χ1n) is 4.44. The van der Waals surface area contributed by atoms with Gasteiger partial charge in [0.25, 0.3) is 0 Å². The Bertz CT molecular complexity index is 266. The number of nitrogens with one attached hydrogen (secondary N) is 1. The molecule has 0 spiro atoms. The summed E-state index contributed by atoms with van der Waals surface area (Å²) in [5, 5.41) is 3.35. The molecule has 64 valence electrons. The first kappa shape index (κ1) is 7.47. The van der Waals surface area contributed by atoms with Crippen molar-refractivity contribution in [1.29, 1.82) is 0 Å². The average molecular weight is 162 g/mol. The second kappa shape index (κ2) is 3.05. The van der Waals surface area contributed by atoms with Gasteiger partial charge in [0.05, 0.1) is 11.4 Å². The number of hydrogen-bond donors (Lipinski definition) is 2. The topological polar surface area (TPSA) is 38.0 Å². The van der Waals surface area contributed by atoms with Crippen molar-refractivity contribution < 1.29 is 0 Å². The van der Waals surface area contributed by atoms with Crippen molar-refractivity contribution in [1.82, 2.24) is 0 Å². The maximum Gasteiger partial charge on any atom is 0.0573 e. The zero-order valence-electron chi connectivity index (χ0n) is 7.09. The lowest BCUT2D eigenvalue weighted by molar-refractivity contribution is 0.890. The van der Waals surface area contributed by atoms with Gasteiger partial charge in [-0.2, -0.15) is 0 Å². The molecule has 0 amide bonds. The summed E-state index contributed by atoms with van der Waals surface area (Å²) in [6, 6.07) is 7.91. The summed E-state index contributed by atoms with van der Waals surface area (Å²) in [5.74, 6) is 0.893. The van der Waals surface area contributed by atoms with E-state index in [2.05, 4.69) is 5.32 Å². The van der Waals surface area contributed by atoms with Crippen LogP contribution in [0.25, 0.3) is 0 Å². The summed E-state index contributed by atoms with van der Waals surface area (Å²) in [5.41, 5.74) is 7.68. The van der Waals surface area contributed by atoms with E-state index in [9.17, 15) is 0 Å². The number of nitrogens with two attached hydrogens (primary N) is 1. The van der Waals surface area contributed by atoms with Crippen molar-refractivity contribution in [3.63, 3.8) is 0 Å². The van der Waals surface area contributed by atoms with Crippen LogP contribution in [0.3, 0.4) is 0 Å². The van der Waals surface area contributed by atoms with E-state index in [1.807, 2.05) is 24.3 Å². The summed E-state index contributed by atoms with van der Waals surface area (Å²) in [6.45, 7) is 1.08. The Morgan fingerprint density at radius 3 is 2.75 bits per heavy atom. The predicted octanol–water partition coefficient (Wildman–Crippen LogP) is 2.09. The van der Waals surface area contributed by atoms with Gasteiger partial charge in [0.15, 0.2) is 0 Å². The fraction of sp³-hybridized carbons (Fsp3) is 0.400. The van der Waals surface area contributed by atoms with Gasteiger partial charge in [-0.25, -0.2) is 0 Å². The molecule has 3 N–H and O–H groups in total. The van der Waals surface area contributed by atoms with Gasteiger partial charge >= 0.3 is 0 Å². The van der Waals surface area contributed by atoms with E-state index in [0.717, 1.165) is 23.8 Å². The molecule has 1 aromatic rings. The van der Waals surface area contributed by atoms with Crippen LogP contribution in [0.1, 0.15) is 12.8 Å². The highest BCUT2D eigenvalue weighted by Gasteiger charge is 2.20. The molecule has 0 bridgehead atoms. The lowest BCUT2D eigenvalue weighted by Crippen LogP contribution is -2.05. The van der Waals surface area contributed by atoms with Gasteiger partial charge in [-0.05, 0) is 30.9 Å². The number of hydrogen-bond acceptors (Lipinski definition) is 2. The van der Waals surface area contributed by atoms with Gasteiger partial charge < -0.3 is 11.1 Å². The van der Waals surface area contributed by atoms with E-state index < -0.39 is 0 Å². The highest BCUT2D eigenvalue weighted by molar-refractivity contribution is 5.65. The number of nitrogen functional groups attached to an aromatic ring is 1. The van der Waals surface area contributed by atoms with Gasteiger partial charge in [0.1, 0.15) is 0 Å². The molecule has 2 heteroatoms. The van der Waals surface area contributed by atoms with Crippen LogP contribution in [0.4, 0.5) is 11.4 Å². The van der Waals surface area contributed by atoms with E-state index in [0.29, 0.717) is 0 Å². The SMILES string of the molecule is Nc1ccccc1NCC1CC1. The molecule has 12 heavy (non-hydrogen) atoms. The molecular formula is C10H14N2. The van der Waals surface area contributed by atoms with Crippen LogP contribution in [-0.4, -0.2) is 6.54 Å². The average Bonchev–Trinajstić information content (AvgIpc) is 2.86. The quantitative estimate of drug-likeness (QED) is 0.668. The summed E-state index contributed by atoms with van der Waals surface area (Å²) in [7, 11) is 0. The zero-order valence-corrected chi connectivity index (χ0v) is 7.09. The third-order valence-electron chi connectivity index (χ3n) is 2.24. The van der Waals surface area contributed by atoms with Gasteiger partial charge in [-0.15, -0.1) is 0 Å². The zero-order chi connectivity index (χ0) is 8.39. The van der Waals surface area contributed by atoms with E-state index in [4.69, 9.17) is 5.73 Å². The van der Waals surface area contributed by atoms with Crippen molar-refractivity contribution in [3.05, 3.63) is 24.3 Å². The number of rotatable bonds is 3. The van der Waals surface area contributed by atoms with Crippen LogP contribution in [0, 0.1) is 5.92 Å². The first-order valence-corrected chi connectivity index (χ1v) is 4.44. The first-order chi connectivity index (χ1) is 5.86. The van der Waals surface area contributed by atoms with Crippen LogP contribution >= 0.6 is 0 Å². The number of anilines is 2. The molecule has 1 fully saturated rings. The minimum Gasteiger partial charge on any atom is -0.397 e. The smallest absolute Gasteiger partial charge is 0.0573 e. The molecule has 1 aliphatic carbocycles. The third-order valence-corrected chi connectivity index (χ3v) is 2.24. The Morgan fingerprint density at radius 1 is 1.33 bits per heavy atom. The fourth-order valence-corrected chi connectivity index (χ4v) is 1.23. The van der Waals surface area contributed by atoms with Crippen molar-refractivity contribution in [2.45, 2.75) is 12.8 Å². The summed E-state index contributed by atoms with van der Waals surface area (Å²) < 4.78 is 0. The molecule has 0 saturated heterocycles. The molecule has 0 aliphatic heterocycles. The van der Waals surface area contributed by atoms with Gasteiger partial charge in [0.2, 0.25) is 0 Å². The molecular weight excluding hydrogens is 148 g/mol. The molecule has 0 unspecified atom stereocenters. The predicted molar refractivity (Wildman–Crippen MR) is 52.1 cm³/mol. The monoisotopic (exact) mass is 162 g/mol. The summed E-state index contributed by atoms with van der Waals surface area (Å²) >= 11 is 0. The summed E-state index contributed by atoms with van der Waals surface area (Å²) in [4.78, 5) is 0. The largest absolute Gasteiger partial charge is 0.397 e. The Kier molecular flexibility index (Phi) is 1.90. The van der Waals surface area contributed by atoms with E-state index in [-0.39, 0.29) is 0 Å². The van der Waals surface area contributed by atoms with Crippen molar-refractivity contribution in [2.24, 2.45) is 5.92 Å². The number of para-hydroxylation sites is 2. The molecule has 0 aromatic heterocycles. The highest BCUT2D eigenvalue weighted by atomic mass is 14.9. The molecule has 2 nitrogen and oxygen atoms in total. The molecule has 2 rings (SSSR count). The molecule has 0 heterocycles. The van der Waals surface area contributed by atoms with Crippen molar-refractivity contribution in [2.75, 3.05) is 17.6 Å². The Hall–Kier alpha value is -1.18. The Labute approximate surface area is 72.8 Å². The van der Waals surface area contributed by atoms with Crippen molar-refractivity contribution in [3.8, 4) is 0 Å². The molecule has 0 radical (unpaired) electrons. The van der Waals surface area contributed by atoms with Crippen LogP contribution in [-0.2, 0) is 0 Å².